The van der Waals surface area contributed by atoms with Crippen molar-refractivity contribution >= 4 is 0 Å². The van der Waals surface area contributed by atoms with Gasteiger partial charge in [0.2, 0.25) is 0 Å². The summed E-state index contributed by atoms with van der Waals surface area (Å²) in [5.41, 5.74) is 1.52. The largest absolute Gasteiger partial charge is 0.419 e. The molecule has 10 heteroatoms. The van der Waals surface area contributed by atoms with Gasteiger partial charge in [-0.25, -0.2) is 8.78 Å². The predicted octanol–water partition coefficient (Wildman–Crippen LogP) is 4.74. The first-order valence-corrected chi connectivity index (χ1v) is 6.99. The lowest BCUT2D eigenvalue weighted by Gasteiger charge is -2.22. The van der Waals surface area contributed by atoms with Crippen LogP contribution in [0.1, 0.15) is 34.4 Å². The highest BCUT2D eigenvalue weighted by molar-refractivity contribution is 5.34. The molecule has 0 aliphatic heterocycles. The van der Waals surface area contributed by atoms with Gasteiger partial charge < -0.3 is 10.8 Å². The van der Waals surface area contributed by atoms with Gasteiger partial charge in [-0.2, -0.15) is 26.3 Å². The number of alkyl halides is 6. The number of aliphatic hydroxyl groups excluding tert-OH is 1. The summed E-state index contributed by atoms with van der Waals surface area (Å²) < 4.78 is 103. The average molecular weight is 385 g/mol. The quantitative estimate of drug-likeness (QED) is 0.750. The molecule has 142 valence electrons. The maximum atomic E-state index is 13.3. The van der Waals surface area contributed by atoms with Crippen LogP contribution >= 0.6 is 0 Å². The minimum Gasteiger partial charge on any atom is -0.386 e. The van der Waals surface area contributed by atoms with Gasteiger partial charge >= 0.3 is 12.4 Å². The molecule has 26 heavy (non-hydrogen) atoms. The number of hydrogen-bond acceptors (Lipinski definition) is 2. The van der Waals surface area contributed by atoms with Crippen LogP contribution in [0.4, 0.5) is 35.1 Å². The summed E-state index contributed by atoms with van der Waals surface area (Å²) in [5.74, 6) is -3.15. The van der Waals surface area contributed by atoms with E-state index in [0.717, 1.165) is 12.1 Å². The van der Waals surface area contributed by atoms with E-state index < -0.39 is 52.8 Å². The van der Waals surface area contributed by atoms with Gasteiger partial charge in [0.15, 0.2) is 0 Å². The fourth-order valence-electron chi connectivity index (χ4n) is 2.30. The summed E-state index contributed by atoms with van der Waals surface area (Å²) in [4.78, 5) is 0. The molecule has 2 aromatic carbocycles. The minimum absolute atomic E-state index is 0.314. The van der Waals surface area contributed by atoms with E-state index in [-0.39, 0.29) is 5.56 Å². The molecule has 0 heterocycles. The van der Waals surface area contributed by atoms with E-state index in [1.165, 1.54) is 0 Å². The molecule has 0 bridgehead atoms. The standard InChI is InChI=1S/C16H11F8NO/c17-11-3-1-7(5-9(11)15(19,20)21)13(25)14(26)8-2-4-12(18)10(6-8)16(22,23)24/h1-6,13-14,26H,25H2/t13-,14+/m0/s1. The molecule has 3 N–H and O–H groups in total. The zero-order valence-electron chi connectivity index (χ0n) is 12.7. The van der Waals surface area contributed by atoms with Crippen LogP contribution < -0.4 is 5.73 Å². The van der Waals surface area contributed by atoms with Crippen LogP contribution in [0.5, 0.6) is 0 Å². The zero-order valence-corrected chi connectivity index (χ0v) is 12.7. The Bertz CT molecular complexity index is 732. The Morgan fingerprint density at radius 3 is 1.54 bits per heavy atom. The van der Waals surface area contributed by atoms with E-state index in [1.807, 2.05) is 0 Å². The summed E-state index contributed by atoms with van der Waals surface area (Å²) in [7, 11) is 0. The van der Waals surface area contributed by atoms with Crippen LogP contribution in [0.25, 0.3) is 0 Å². The molecule has 0 saturated carbocycles. The van der Waals surface area contributed by atoms with Gasteiger partial charge in [-0.3, -0.25) is 0 Å². The third-order valence-electron chi connectivity index (χ3n) is 3.66. The van der Waals surface area contributed by atoms with Crippen molar-refractivity contribution in [3.63, 3.8) is 0 Å². The van der Waals surface area contributed by atoms with Crippen LogP contribution in [0.15, 0.2) is 36.4 Å². The van der Waals surface area contributed by atoms with Gasteiger partial charge in [-0.1, -0.05) is 12.1 Å². The van der Waals surface area contributed by atoms with E-state index in [0.29, 0.717) is 24.3 Å². The number of nitrogens with two attached hydrogens (primary N) is 1. The Balaban J connectivity index is 2.41. The maximum Gasteiger partial charge on any atom is 0.419 e. The molecule has 0 amide bonds. The summed E-state index contributed by atoms with van der Waals surface area (Å²) >= 11 is 0. The summed E-state index contributed by atoms with van der Waals surface area (Å²) in [5, 5.41) is 10.1. The highest BCUT2D eigenvalue weighted by atomic mass is 19.4. The lowest BCUT2D eigenvalue weighted by Crippen LogP contribution is -2.21. The Hall–Kier alpha value is -2.20. The molecule has 0 aliphatic rings. The lowest BCUT2D eigenvalue weighted by molar-refractivity contribution is -0.141. The number of hydrogen-bond donors (Lipinski definition) is 2. The van der Waals surface area contributed by atoms with Crippen molar-refractivity contribution in [1.29, 1.82) is 0 Å². The van der Waals surface area contributed by atoms with Gasteiger partial charge in [0.05, 0.1) is 23.3 Å². The first-order chi connectivity index (χ1) is 11.8. The average Bonchev–Trinajstić information content (AvgIpc) is 2.52. The molecule has 0 spiro atoms. The molecule has 0 fully saturated rings. The molecule has 0 aliphatic carbocycles. The Morgan fingerprint density at radius 2 is 1.12 bits per heavy atom. The lowest BCUT2D eigenvalue weighted by atomic mass is 9.94. The molecule has 2 rings (SSSR count). The molecule has 0 saturated heterocycles. The monoisotopic (exact) mass is 385 g/mol. The highest BCUT2D eigenvalue weighted by Gasteiger charge is 2.36. The second kappa shape index (κ2) is 6.84. The van der Waals surface area contributed by atoms with Crippen molar-refractivity contribution in [1.82, 2.24) is 0 Å². The highest BCUT2D eigenvalue weighted by Crippen LogP contribution is 2.37. The first kappa shape index (κ1) is 20.1. The van der Waals surface area contributed by atoms with E-state index in [9.17, 15) is 40.2 Å². The summed E-state index contributed by atoms with van der Waals surface area (Å²) in [6.45, 7) is 0. The van der Waals surface area contributed by atoms with Crippen molar-refractivity contribution in [3.8, 4) is 0 Å². The SMILES string of the molecule is N[C@@H](c1ccc(F)c(C(F)(F)F)c1)[C@H](O)c1ccc(F)c(C(F)(F)F)c1. The Labute approximate surface area is 141 Å². The molecule has 2 atom stereocenters. The maximum absolute atomic E-state index is 13.3. The second-order valence-electron chi connectivity index (χ2n) is 5.44. The van der Waals surface area contributed by atoms with Crippen LogP contribution in [0.3, 0.4) is 0 Å². The first-order valence-electron chi connectivity index (χ1n) is 6.99. The molecular weight excluding hydrogens is 374 g/mol. The predicted molar refractivity (Wildman–Crippen MR) is 74.7 cm³/mol. The number of benzene rings is 2. The fourth-order valence-corrected chi connectivity index (χ4v) is 2.30. The van der Waals surface area contributed by atoms with Crippen molar-refractivity contribution in [2.75, 3.05) is 0 Å². The van der Waals surface area contributed by atoms with Crippen molar-refractivity contribution in [2.45, 2.75) is 24.5 Å². The molecular formula is C16H11F8NO. The van der Waals surface area contributed by atoms with Gasteiger partial charge in [0, 0.05) is 0 Å². The fraction of sp³-hybridized carbons (Fsp3) is 0.250. The van der Waals surface area contributed by atoms with E-state index in [1.54, 1.807) is 0 Å². The van der Waals surface area contributed by atoms with Crippen LogP contribution in [-0.4, -0.2) is 5.11 Å². The molecule has 0 aromatic heterocycles. The van der Waals surface area contributed by atoms with E-state index in [2.05, 4.69) is 0 Å². The minimum atomic E-state index is -5.04. The number of rotatable bonds is 3. The van der Waals surface area contributed by atoms with Crippen molar-refractivity contribution in [2.24, 2.45) is 5.73 Å². The van der Waals surface area contributed by atoms with E-state index in [4.69, 9.17) is 5.73 Å². The zero-order chi connectivity index (χ0) is 19.9. The van der Waals surface area contributed by atoms with Crippen LogP contribution in [0, 0.1) is 11.6 Å². The van der Waals surface area contributed by atoms with Crippen LogP contribution in [-0.2, 0) is 12.4 Å². The third-order valence-corrected chi connectivity index (χ3v) is 3.66. The topological polar surface area (TPSA) is 46.2 Å². The van der Waals surface area contributed by atoms with Gasteiger partial charge in [-0.05, 0) is 35.4 Å². The van der Waals surface area contributed by atoms with Gasteiger partial charge in [-0.15, -0.1) is 0 Å². The second-order valence-corrected chi connectivity index (χ2v) is 5.44. The number of aliphatic hydroxyl groups is 1. The molecule has 2 nitrogen and oxygen atoms in total. The smallest absolute Gasteiger partial charge is 0.386 e. The Morgan fingerprint density at radius 1 is 0.731 bits per heavy atom. The van der Waals surface area contributed by atoms with Gasteiger partial charge in [0.25, 0.3) is 0 Å². The summed E-state index contributed by atoms with van der Waals surface area (Å²) in [6, 6.07) is 1.70. The molecule has 0 radical (unpaired) electrons. The molecule has 2 aromatic rings. The van der Waals surface area contributed by atoms with Gasteiger partial charge in [0.1, 0.15) is 11.6 Å². The van der Waals surface area contributed by atoms with Crippen molar-refractivity contribution in [3.05, 3.63) is 70.3 Å². The van der Waals surface area contributed by atoms with Crippen LogP contribution in [0.2, 0.25) is 0 Å². The van der Waals surface area contributed by atoms with Crippen molar-refractivity contribution < 1.29 is 40.2 Å². The molecule has 0 unspecified atom stereocenters. The summed E-state index contributed by atoms with van der Waals surface area (Å²) in [6.07, 6.45) is -11.9. The Kier molecular flexibility index (Phi) is 5.29. The van der Waals surface area contributed by atoms with E-state index >= 15 is 0 Å². The number of halogens is 8. The normalized spacial score (nSPS) is 15.0. The third kappa shape index (κ3) is 4.13.